The van der Waals surface area contributed by atoms with Gasteiger partial charge < -0.3 is 10.1 Å². The molecule has 0 saturated heterocycles. The molecule has 0 saturated carbocycles. The molecular formula is C18H14F3N5O. The van der Waals surface area contributed by atoms with Crippen LogP contribution in [0, 0.1) is 18.3 Å². The molecule has 0 bridgehead atoms. The molecule has 0 spiro atoms. The molecule has 0 aliphatic rings. The van der Waals surface area contributed by atoms with E-state index in [-0.39, 0.29) is 5.75 Å². The van der Waals surface area contributed by atoms with Gasteiger partial charge >= 0.3 is 6.36 Å². The van der Waals surface area contributed by atoms with Gasteiger partial charge in [0.1, 0.15) is 5.75 Å². The van der Waals surface area contributed by atoms with Crippen molar-refractivity contribution >= 4 is 5.95 Å². The number of alkyl halides is 3. The lowest BCUT2D eigenvalue weighted by atomic mass is 10.1. The van der Waals surface area contributed by atoms with Crippen LogP contribution in [-0.2, 0) is 0 Å². The normalized spacial score (nSPS) is 11.1. The summed E-state index contributed by atoms with van der Waals surface area (Å²) in [5, 5.41) is 16.6. The van der Waals surface area contributed by atoms with Crippen LogP contribution in [0.4, 0.5) is 19.1 Å². The molecule has 0 unspecified atom stereocenters. The quantitative estimate of drug-likeness (QED) is 0.747. The molecular weight excluding hydrogens is 359 g/mol. The van der Waals surface area contributed by atoms with Gasteiger partial charge in [0.15, 0.2) is 5.82 Å². The Bertz CT molecular complexity index is 1000. The first-order valence-corrected chi connectivity index (χ1v) is 7.83. The molecule has 6 nitrogen and oxygen atoms in total. The smallest absolute Gasteiger partial charge is 0.406 e. The van der Waals surface area contributed by atoms with Crippen LogP contribution >= 0.6 is 0 Å². The summed E-state index contributed by atoms with van der Waals surface area (Å²) >= 11 is 0. The van der Waals surface area contributed by atoms with E-state index in [0.717, 1.165) is 5.56 Å². The molecule has 0 aliphatic carbocycles. The van der Waals surface area contributed by atoms with Crippen molar-refractivity contribution in [2.24, 2.45) is 0 Å². The van der Waals surface area contributed by atoms with Crippen molar-refractivity contribution in [2.45, 2.75) is 13.3 Å². The molecule has 0 radical (unpaired) electrons. The van der Waals surface area contributed by atoms with Gasteiger partial charge in [0, 0.05) is 12.6 Å². The summed E-state index contributed by atoms with van der Waals surface area (Å²) in [7, 11) is 1.64. The standard InChI is InChI=1S/C18H14F3N5O/c1-11-3-8-15(12(9-11)10-22)16-24-17(23-2)26(25-16)13-4-6-14(7-5-13)27-18(19,20)21/h3-9H,1-2H3,(H,23,24,25). The van der Waals surface area contributed by atoms with Crippen LogP contribution < -0.4 is 10.1 Å². The van der Waals surface area contributed by atoms with E-state index in [1.807, 2.05) is 13.0 Å². The van der Waals surface area contributed by atoms with Crippen molar-refractivity contribution in [3.8, 4) is 28.9 Å². The van der Waals surface area contributed by atoms with E-state index < -0.39 is 6.36 Å². The van der Waals surface area contributed by atoms with Crippen LogP contribution in [0.25, 0.3) is 17.1 Å². The van der Waals surface area contributed by atoms with Gasteiger partial charge in [-0.2, -0.15) is 14.9 Å². The van der Waals surface area contributed by atoms with E-state index in [9.17, 15) is 18.4 Å². The molecule has 9 heteroatoms. The maximum Gasteiger partial charge on any atom is 0.573 e. The van der Waals surface area contributed by atoms with Gasteiger partial charge in [-0.3, -0.25) is 0 Å². The SMILES string of the molecule is CNc1nc(-c2ccc(C)cc2C#N)nn1-c1ccc(OC(F)(F)F)cc1. The summed E-state index contributed by atoms with van der Waals surface area (Å²) < 4.78 is 42.2. The van der Waals surface area contributed by atoms with Crippen LogP contribution in [0.1, 0.15) is 11.1 Å². The number of anilines is 1. The van der Waals surface area contributed by atoms with Gasteiger partial charge in [-0.05, 0) is 48.9 Å². The summed E-state index contributed by atoms with van der Waals surface area (Å²) in [4.78, 5) is 4.37. The highest BCUT2D eigenvalue weighted by Crippen LogP contribution is 2.27. The Labute approximate surface area is 152 Å². The lowest BCUT2D eigenvalue weighted by Gasteiger charge is -2.10. The summed E-state index contributed by atoms with van der Waals surface area (Å²) in [6.45, 7) is 1.88. The van der Waals surface area contributed by atoms with Gasteiger partial charge in [0.2, 0.25) is 5.95 Å². The van der Waals surface area contributed by atoms with Crippen molar-refractivity contribution in [3.63, 3.8) is 0 Å². The number of hydrogen-bond acceptors (Lipinski definition) is 5. The third-order valence-electron chi connectivity index (χ3n) is 3.68. The highest BCUT2D eigenvalue weighted by atomic mass is 19.4. The van der Waals surface area contributed by atoms with E-state index in [0.29, 0.717) is 28.6 Å². The Morgan fingerprint density at radius 3 is 2.44 bits per heavy atom. The average molecular weight is 373 g/mol. The van der Waals surface area contributed by atoms with Crippen LogP contribution in [-0.4, -0.2) is 28.2 Å². The number of aryl methyl sites for hydroxylation is 1. The first-order valence-electron chi connectivity index (χ1n) is 7.83. The maximum atomic E-state index is 12.3. The highest BCUT2D eigenvalue weighted by molar-refractivity contribution is 5.66. The van der Waals surface area contributed by atoms with Crippen molar-refractivity contribution in [1.29, 1.82) is 5.26 Å². The van der Waals surface area contributed by atoms with Gasteiger partial charge in [-0.1, -0.05) is 6.07 Å². The van der Waals surface area contributed by atoms with E-state index in [4.69, 9.17) is 0 Å². The minimum atomic E-state index is -4.75. The summed E-state index contributed by atoms with van der Waals surface area (Å²) in [5.41, 5.74) is 2.42. The van der Waals surface area contributed by atoms with Crippen LogP contribution in [0.15, 0.2) is 42.5 Å². The second kappa shape index (κ2) is 6.99. The highest BCUT2D eigenvalue weighted by Gasteiger charge is 2.31. The molecule has 0 amide bonds. The molecule has 27 heavy (non-hydrogen) atoms. The Morgan fingerprint density at radius 1 is 1.15 bits per heavy atom. The number of hydrogen-bond donors (Lipinski definition) is 1. The largest absolute Gasteiger partial charge is 0.573 e. The van der Waals surface area contributed by atoms with Crippen molar-refractivity contribution in [2.75, 3.05) is 12.4 Å². The number of benzene rings is 2. The van der Waals surface area contributed by atoms with E-state index in [2.05, 4.69) is 26.2 Å². The number of nitriles is 1. The topological polar surface area (TPSA) is 75.8 Å². The zero-order valence-electron chi connectivity index (χ0n) is 14.4. The van der Waals surface area contributed by atoms with Crippen LogP contribution in [0.5, 0.6) is 5.75 Å². The number of rotatable bonds is 4. The van der Waals surface area contributed by atoms with Gasteiger partial charge in [0.25, 0.3) is 0 Å². The first-order chi connectivity index (χ1) is 12.8. The number of nitrogens with zero attached hydrogens (tertiary/aromatic N) is 4. The fraction of sp³-hybridized carbons (Fsp3) is 0.167. The van der Waals surface area contributed by atoms with Crippen molar-refractivity contribution in [1.82, 2.24) is 14.8 Å². The number of ether oxygens (including phenoxy) is 1. The Balaban J connectivity index is 2.00. The second-order valence-electron chi connectivity index (χ2n) is 5.62. The Kier molecular flexibility index (Phi) is 4.73. The predicted molar refractivity (Wildman–Crippen MR) is 92.5 cm³/mol. The first kappa shape index (κ1) is 18.3. The Hall–Kier alpha value is -3.54. The van der Waals surface area contributed by atoms with E-state index in [1.165, 1.54) is 28.9 Å². The van der Waals surface area contributed by atoms with Crippen molar-refractivity contribution < 1.29 is 17.9 Å². The molecule has 1 aromatic heterocycles. The summed E-state index contributed by atoms with van der Waals surface area (Å²) in [5.74, 6) is 0.369. The summed E-state index contributed by atoms with van der Waals surface area (Å²) in [6.07, 6.45) is -4.75. The van der Waals surface area contributed by atoms with E-state index in [1.54, 1.807) is 19.2 Å². The fourth-order valence-electron chi connectivity index (χ4n) is 2.50. The van der Waals surface area contributed by atoms with Gasteiger partial charge in [-0.25, -0.2) is 0 Å². The number of nitrogens with one attached hydrogen (secondary N) is 1. The third kappa shape index (κ3) is 4.00. The lowest BCUT2D eigenvalue weighted by Crippen LogP contribution is -2.17. The molecule has 2 aromatic carbocycles. The zero-order chi connectivity index (χ0) is 19.6. The predicted octanol–water partition coefficient (Wildman–Crippen LogP) is 4.05. The van der Waals surface area contributed by atoms with Crippen LogP contribution in [0.2, 0.25) is 0 Å². The zero-order valence-corrected chi connectivity index (χ0v) is 14.4. The monoisotopic (exact) mass is 373 g/mol. The Morgan fingerprint density at radius 2 is 1.85 bits per heavy atom. The molecule has 0 atom stereocenters. The number of halogens is 3. The lowest BCUT2D eigenvalue weighted by molar-refractivity contribution is -0.274. The third-order valence-corrected chi connectivity index (χ3v) is 3.68. The van der Waals surface area contributed by atoms with Crippen LogP contribution in [0.3, 0.4) is 0 Å². The molecule has 1 heterocycles. The number of aromatic nitrogens is 3. The second-order valence-corrected chi connectivity index (χ2v) is 5.62. The summed E-state index contributed by atoms with van der Waals surface area (Å²) in [6, 6.07) is 12.7. The van der Waals surface area contributed by atoms with Gasteiger partial charge in [0.05, 0.1) is 17.3 Å². The molecule has 3 rings (SSSR count). The van der Waals surface area contributed by atoms with Crippen molar-refractivity contribution in [3.05, 3.63) is 53.6 Å². The molecule has 3 aromatic rings. The maximum absolute atomic E-state index is 12.3. The minimum Gasteiger partial charge on any atom is -0.406 e. The van der Waals surface area contributed by atoms with E-state index >= 15 is 0 Å². The average Bonchev–Trinajstić information content (AvgIpc) is 3.05. The minimum absolute atomic E-state index is 0.325. The molecule has 0 fully saturated rings. The fourth-order valence-corrected chi connectivity index (χ4v) is 2.50. The molecule has 1 N–H and O–H groups in total. The molecule has 0 aliphatic heterocycles. The molecule has 138 valence electrons. The van der Waals surface area contributed by atoms with Gasteiger partial charge in [-0.15, -0.1) is 18.3 Å².